The van der Waals surface area contributed by atoms with Crippen molar-refractivity contribution < 1.29 is 14.5 Å². The Bertz CT molecular complexity index is 1310. The molecule has 0 aliphatic rings. The second kappa shape index (κ2) is 7.52. The Kier molecular flexibility index (Phi) is 4.75. The molecule has 1 N–H and O–H groups in total. The third kappa shape index (κ3) is 3.68. The van der Waals surface area contributed by atoms with Crippen LogP contribution in [0, 0.1) is 0 Å². The average molecular weight is 384 g/mol. The van der Waals surface area contributed by atoms with Gasteiger partial charge in [0.25, 0.3) is 5.56 Å². The molecule has 0 radical (unpaired) electrons. The zero-order valence-electron chi connectivity index (χ0n) is 15.7. The lowest BCUT2D eigenvalue weighted by Crippen LogP contribution is -2.25. The first-order valence-corrected chi connectivity index (χ1v) is 9.02. The molecule has 0 amide bonds. The highest BCUT2D eigenvalue weighted by molar-refractivity contribution is 5.88. The minimum Gasteiger partial charge on any atom is -0.478 e. The summed E-state index contributed by atoms with van der Waals surface area (Å²) < 4.78 is 3.37. The van der Waals surface area contributed by atoms with Crippen LogP contribution in [0.25, 0.3) is 28.7 Å². The third-order valence-corrected chi connectivity index (χ3v) is 4.58. The number of aryl methyl sites for hydroxylation is 1. The van der Waals surface area contributed by atoms with Crippen molar-refractivity contribution in [3.05, 3.63) is 100 Å². The van der Waals surface area contributed by atoms with Crippen molar-refractivity contribution in [3.63, 3.8) is 0 Å². The van der Waals surface area contributed by atoms with Crippen LogP contribution in [0.3, 0.4) is 0 Å². The van der Waals surface area contributed by atoms with Crippen LogP contribution in [0.5, 0.6) is 0 Å². The van der Waals surface area contributed by atoms with Gasteiger partial charge < -0.3 is 5.11 Å². The van der Waals surface area contributed by atoms with E-state index in [2.05, 4.69) is 4.98 Å². The van der Waals surface area contributed by atoms with Crippen molar-refractivity contribution in [3.8, 4) is 5.69 Å². The standard InChI is InChI=1S/C23H17N3O3/c1-25-13-11-16(12-14-25)9-10-21-24-20-8-3-2-7-19(20)22(27)26(21)18-6-4-5-17(15-18)23(28)29/h2-15H,1H3/p+1/b10-9+. The summed E-state index contributed by atoms with van der Waals surface area (Å²) in [5, 5.41) is 9.79. The molecule has 142 valence electrons. The lowest BCUT2D eigenvalue weighted by Gasteiger charge is -2.12. The number of fused-ring (bicyclic) bond motifs is 1. The minimum absolute atomic E-state index is 0.105. The number of aromatic carboxylic acids is 1. The van der Waals surface area contributed by atoms with E-state index in [1.54, 1.807) is 36.4 Å². The highest BCUT2D eigenvalue weighted by atomic mass is 16.4. The van der Waals surface area contributed by atoms with Crippen molar-refractivity contribution in [2.24, 2.45) is 7.05 Å². The van der Waals surface area contributed by atoms with Gasteiger partial charge in [-0.1, -0.05) is 24.3 Å². The molecule has 2 aromatic carbocycles. The molecule has 4 aromatic rings. The predicted molar refractivity (Wildman–Crippen MR) is 111 cm³/mol. The maximum Gasteiger partial charge on any atom is 0.335 e. The Morgan fingerprint density at radius 2 is 1.79 bits per heavy atom. The lowest BCUT2D eigenvalue weighted by atomic mass is 10.1. The summed E-state index contributed by atoms with van der Waals surface area (Å²) in [4.78, 5) is 29.3. The van der Waals surface area contributed by atoms with E-state index in [-0.39, 0.29) is 11.1 Å². The summed E-state index contributed by atoms with van der Waals surface area (Å²) in [6, 6.07) is 17.3. The molecule has 0 aliphatic heterocycles. The van der Waals surface area contributed by atoms with Gasteiger partial charge in [-0.05, 0) is 42.0 Å². The van der Waals surface area contributed by atoms with Crippen LogP contribution in [0.1, 0.15) is 21.7 Å². The summed E-state index contributed by atoms with van der Waals surface area (Å²) in [5.74, 6) is -0.632. The zero-order chi connectivity index (χ0) is 20.4. The van der Waals surface area contributed by atoms with E-state index in [0.29, 0.717) is 22.4 Å². The molecular formula is C23H18N3O3+. The minimum atomic E-state index is -1.05. The van der Waals surface area contributed by atoms with Gasteiger partial charge in [-0.15, -0.1) is 0 Å². The molecule has 0 saturated carbocycles. The summed E-state index contributed by atoms with van der Waals surface area (Å²) >= 11 is 0. The van der Waals surface area contributed by atoms with Gasteiger partial charge in [0, 0.05) is 12.1 Å². The molecule has 0 aliphatic carbocycles. The van der Waals surface area contributed by atoms with Gasteiger partial charge in [-0.2, -0.15) is 0 Å². The van der Waals surface area contributed by atoms with Crippen LogP contribution in [-0.4, -0.2) is 20.6 Å². The number of aromatic nitrogens is 3. The highest BCUT2D eigenvalue weighted by Gasteiger charge is 2.13. The van der Waals surface area contributed by atoms with E-state index in [4.69, 9.17) is 0 Å². The first kappa shape index (κ1) is 18.3. The molecule has 0 spiro atoms. The topological polar surface area (TPSA) is 76.1 Å². The Labute approximate surface area is 166 Å². The van der Waals surface area contributed by atoms with Gasteiger partial charge in [-0.3, -0.25) is 9.36 Å². The number of rotatable bonds is 4. The van der Waals surface area contributed by atoms with E-state index in [1.807, 2.05) is 48.3 Å². The monoisotopic (exact) mass is 384 g/mol. The zero-order valence-corrected chi connectivity index (χ0v) is 15.7. The van der Waals surface area contributed by atoms with Crippen molar-refractivity contribution >= 4 is 29.0 Å². The number of carboxylic acids is 1. The third-order valence-electron chi connectivity index (χ3n) is 4.58. The summed E-state index contributed by atoms with van der Waals surface area (Å²) in [7, 11) is 1.94. The number of para-hydroxylation sites is 1. The van der Waals surface area contributed by atoms with Gasteiger partial charge in [0.05, 0.1) is 22.2 Å². The summed E-state index contributed by atoms with van der Waals surface area (Å²) in [6.45, 7) is 0. The molecular weight excluding hydrogens is 366 g/mol. The van der Waals surface area contributed by atoms with Crippen molar-refractivity contribution in [1.82, 2.24) is 9.55 Å². The van der Waals surface area contributed by atoms with Crippen LogP contribution >= 0.6 is 0 Å². The Balaban J connectivity index is 1.94. The number of carboxylic acid groups (broad SMARTS) is 1. The van der Waals surface area contributed by atoms with Crippen molar-refractivity contribution in [2.45, 2.75) is 0 Å². The van der Waals surface area contributed by atoms with Gasteiger partial charge in [0.15, 0.2) is 12.4 Å². The van der Waals surface area contributed by atoms with E-state index >= 15 is 0 Å². The molecule has 4 rings (SSSR count). The smallest absolute Gasteiger partial charge is 0.335 e. The fourth-order valence-corrected chi connectivity index (χ4v) is 3.08. The Morgan fingerprint density at radius 1 is 1.03 bits per heavy atom. The quantitative estimate of drug-likeness (QED) is 0.549. The van der Waals surface area contributed by atoms with E-state index in [1.165, 1.54) is 16.7 Å². The fourth-order valence-electron chi connectivity index (χ4n) is 3.08. The summed E-state index contributed by atoms with van der Waals surface area (Å²) in [6.07, 6.45) is 7.48. The van der Waals surface area contributed by atoms with Crippen molar-refractivity contribution in [1.29, 1.82) is 0 Å². The van der Waals surface area contributed by atoms with Crippen LogP contribution in [-0.2, 0) is 7.05 Å². The molecule has 29 heavy (non-hydrogen) atoms. The number of nitrogens with zero attached hydrogens (tertiary/aromatic N) is 3. The van der Waals surface area contributed by atoms with Crippen molar-refractivity contribution in [2.75, 3.05) is 0 Å². The maximum absolute atomic E-state index is 13.2. The molecule has 2 aromatic heterocycles. The second-order valence-electron chi connectivity index (χ2n) is 6.61. The van der Waals surface area contributed by atoms with Crippen LogP contribution in [0.15, 0.2) is 77.9 Å². The average Bonchev–Trinajstić information content (AvgIpc) is 2.73. The van der Waals surface area contributed by atoms with E-state index < -0.39 is 5.97 Å². The molecule has 0 fully saturated rings. The Hall–Kier alpha value is -4.06. The van der Waals surface area contributed by atoms with Gasteiger partial charge >= 0.3 is 5.97 Å². The maximum atomic E-state index is 13.2. The highest BCUT2D eigenvalue weighted by Crippen LogP contribution is 2.16. The van der Waals surface area contributed by atoms with Gasteiger partial charge in [0.2, 0.25) is 0 Å². The largest absolute Gasteiger partial charge is 0.478 e. The van der Waals surface area contributed by atoms with Crippen LogP contribution in [0.2, 0.25) is 0 Å². The molecule has 0 unspecified atom stereocenters. The first-order chi connectivity index (χ1) is 14.0. The van der Waals surface area contributed by atoms with E-state index in [9.17, 15) is 14.7 Å². The second-order valence-corrected chi connectivity index (χ2v) is 6.61. The number of pyridine rings is 1. The predicted octanol–water partition coefficient (Wildman–Crippen LogP) is 3.08. The fraction of sp³-hybridized carbons (Fsp3) is 0.0435. The lowest BCUT2D eigenvalue weighted by molar-refractivity contribution is -0.671. The van der Waals surface area contributed by atoms with Crippen LogP contribution in [0.4, 0.5) is 0 Å². The molecule has 6 heteroatoms. The first-order valence-electron chi connectivity index (χ1n) is 9.02. The van der Waals surface area contributed by atoms with Gasteiger partial charge in [-0.25, -0.2) is 14.3 Å². The van der Waals surface area contributed by atoms with Crippen LogP contribution < -0.4 is 10.1 Å². The number of hydrogen-bond acceptors (Lipinski definition) is 3. The molecule has 0 atom stereocenters. The van der Waals surface area contributed by atoms with Gasteiger partial charge in [0.1, 0.15) is 12.9 Å². The number of hydrogen-bond donors (Lipinski definition) is 1. The molecule has 6 nitrogen and oxygen atoms in total. The normalized spacial score (nSPS) is 11.2. The molecule has 2 heterocycles. The molecule has 0 bridgehead atoms. The summed E-state index contributed by atoms with van der Waals surface area (Å²) in [5.41, 5.74) is 1.84. The Morgan fingerprint density at radius 3 is 2.55 bits per heavy atom. The molecule has 0 saturated heterocycles. The number of benzene rings is 2. The number of carbonyl (C=O) groups is 1. The van der Waals surface area contributed by atoms with E-state index in [0.717, 1.165) is 5.56 Å². The SMILES string of the molecule is C[n+]1ccc(/C=C/c2nc3ccccc3c(=O)n2-c2cccc(C(=O)O)c2)cc1.